The third-order valence-electron chi connectivity index (χ3n) is 3.96. The largest absolute Gasteiger partial charge is 0.464 e. The summed E-state index contributed by atoms with van der Waals surface area (Å²) >= 11 is 0. The van der Waals surface area contributed by atoms with Crippen LogP contribution in [0, 0.1) is 5.92 Å². The predicted molar refractivity (Wildman–Crippen MR) is 74.6 cm³/mol. The fraction of sp³-hybridized carbons (Fsp3) is 0.733. The number of rotatable bonds is 4. The minimum absolute atomic E-state index is 0.197. The Labute approximate surface area is 132 Å². The van der Waals surface area contributed by atoms with E-state index in [9.17, 15) is 22.8 Å². The van der Waals surface area contributed by atoms with Crippen molar-refractivity contribution >= 4 is 12.1 Å². The average molecular weight is 335 g/mol. The molecule has 0 N–H and O–H groups in total. The van der Waals surface area contributed by atoms with Crippen molar-refractivity contribution in [1.82, 2.24) is 4.90 Å². The van der Waals surface area contributed by atoms with Crippen molar-refractivity contribution in [1.29, 1.82) is 0 Å². The number of esters is 1. The van der Waals surface area contributed by atoms with Gasteiger partial charge >= 0.3 is 18.2 Å². The molecule has 2 unspecified atom stereocenters. The number of hydrogen-bond acceptors (Lipinski definition) is 4. The van der Waals surface area contributed by atoms with Crippen LogP contribution in [0.5, 0.6) is 0 Å². The molecule has 0 aromatic rings. The minimum atomic E-state index is -4.58. The number of carbonyl (C=O) groups excluding carboxylic acids is 2. The Hall–Kier alpha value is -1.73. The molecule has 0 saturated carbocycles. The van der Waals surface area contributed by atoms with Gasteiger partial charge in [-0.3, -0.25) is 4.90 Å². The molecule has 1 aliphatic heterocycles. The standard InChI is InChI=1S/C15H20F3NO4/c16-15(17,18)10-23-14(21)19-8-4-7-12(19)13(20)22-9-11-5-2-1-3-6-11/h1-2,11-12H,3-10H2. The summed E-state index contributed by atoms with van der Waals surface area (Å²) in [5.41, 5.74) is 0. The third kappa shape index (κ3) is 5.44. The van der Waals surface area contributed by atoms with Gasteiger partial charge < -0.3 is 9.47 Å². The third-order valence-corrected chi connectivity index (χ3v) is 3.96. The summed E-state index contributed by atoms with van der Waals surface area (Å²) in [6.45, 7) is -1.19. The summed E-state index contributed by atoms with van der Waals surface area (Å²) in [7, 11) is 0. The van der Waals surface area contributed by atoms with Gasteiger partial charge in [0.25, 0.3) is 0 Å². The number of amides is 1. The Kier molecular flexibility index (Phi) is 5.90. The van der Waals surface area contributed by atoms with Gasteiger partial charge in [-0.05, 0) is 38.0 Å². The maximum Gasteiger partial charge on any atom is 0.422 e. The van der Waals surface area contributed by atoms with Crippen LogP contribution in [0.4, 0.5) is 18.0 Å². The zero-order chi connectivity index (χ0) is 16.9. The van der Waals surface area contributed by atoms with E-state index in [0.717, 1.165) is 24.2 Å². The lowest BCUT2D eigenvalue weighted by Gasteiger charge is -2.24. The number of nitrogens with zero attached hydrogens (tertiary/aromatic N) is 1. The van der Waals surface area contributed by atoms with E-state index in [0.29, 0.717) is 12.8 Å². The van der Waals surface area contributed by atoms with E-state index >= 15 is 0 Å². The second-order valence-corrected chi connectivity index (χ2v) is 5.80. The van der Waals surface area contributed by atoms with Gasteiger partial charge in [0.05, 0.1) is 6.61 Å². The number of allylic oxidation sites excluding steroid dienone is 2. The van der Waals surface area contributed by atoms with E-state index in [1.807, 2.05) is 6.08 Å². The first-order valence-corrected chi connectivity index (χ1v) is 7.68. The molecule has 1 aliphatic carbocycles. The van der Waals surface area contributed by atoms with Crippen LogP contribution in [0.25, 0.3) is 0 Å². The average Bonchev–Trinajstić information content (AvgIpc) is 3.00. The van der Waals surface area contributed by atoms with E-state index < -0.39 is 30.9 Å². The second-order valence-electron chi connectivity index (χ2n) is 5.80. The predicted octanol–water partition coefficient (Wildman–Crippen LogP) is 3.05. The van der Waals surface area contributed by atoms with E-state index in [4.69, 9.17) is 4.74 Å². The van der Waals surface area contributed by atoms with Gasteiger partial charge in [-0.25, -0.2) is 9.59 Å². The molecule has 2 aliphatic rings. The number of hydrogen-bond donors (Lipinski definition) is 0. The summed E-state index contributed by atoms with van der Waals surface area (Å²) in [5, 5.41) is 0. The van der Waals surface area contributed by atoms with Crippen LogP contribution in [0.1, 0.15) is 32.1 Å². The van der Waals surface area contributed by atoms with Crippen molar-refractivity contribution in [3.63, 3.8) is 0 Å². The molecule has 0 aromatic heterocycles. The molecule has 0 bridgehead atoms. The molecule has 2 atom stereocenters. The highest BCUT2D eigenvalue weighted by Gasteiger charge is 2.38. The molecule has 0 aromatic carbocycles. The lowest BCUT2D eigenvalue weighted by atomic mass is 9.95. The van der Waals surface area contributed by atoms with Crippen LogP contribution in [0.2, 0.25) is 0 Å². The molecule has 0 radical (unpaired) electrons. The smallest absolute Gasteiger partial charge is 0.422 e. The van der Waals surface area contributed by atoms with Gasteiger partial charge in [0.15, 0.2) is 6.61 Å². The van der Waals surface area contributed by atoms with E-state index in [1.165, 1.54) is 0 Å². The maximum atomic E-state index is 12.1. The molecular weight excluding hydrogens is 315 g/mol. The number of alkyl halides is 3. The molecule has 23 heavy (non-hydrogen) atoms. The summed E-state index contributed by atoms with van der Waals surface area (Å²) in [4.78, 5) is 24.8. The van der Waals surface area contributed by atoms with Gasteiger partial charge in [0.2, 0.25) is 0 Å². The number of likely N-dealkylation sites (tertiary alicyclic amines) is 1. The minimum Gasteiger partial charge on any atom is -0.464 e. The van der Waals surface area contributed by atoms with Crippen LogP contribution in [0.15, 0.2) is 12.2 Å². The van der Waals surface area contributed by atoms with Crippen LogP contribution >= 0.6 is 0 Å². The first-order chi connectivity index (χ1) is 10.9. The molecule has 2 rings (SSSR count). The van der Waals surface area contributed by atoms with E-state index in [-0.39, 0.29) is 19.1 Å². The van der Waals surface area contributed by atoms with Crippen molar-refractivity contribution in [2.75, 3.05) is 19.8 Å². The molecule has 1 amide bonds. The van der Waals surface area contributed by atoms with E-state index in [2.05, 4.69) is 10.8 Å². The van der Waals surface area contributed by atoms with Gasteiger partial charge in [0, 0.05) is 6.54 Å². The SMILES string of the molecule is O=C(OCC1CC=CCC1)C1CCCN1C(=O)OCC(F)(F)F. The maximum absolute atomic E-state index is 12.1. The quantitative estimate of drug-likeness (QED) is 0.585. The molecular formula is C15H20F3NO4. The molecule has 5 nitrogen and oxygen atoms in total. The Morgan fingerprint density at radius 1 is 1.17 bits per heavy atom. The highest BCUT2D eigenvalue weighted by atomic mass is 19.4. The van der Waals surface area contributed by atoms with Gasteiger partial charge in [0.1, 0.15) is 6.04 Å². The monoisotopic (exact) mass is 335 g/mol. The van der Waals surface area contributed by atoms with Crippen LogP contribution in [-0.4, -0.2) is 48.9 Å². The number of halogens is 3. The molecule has 1 saturated heterocycles. The topological polar surface area (TPSA) is 55.8 Å². The van der Waals surface area contributed by atoms with Crippen LogP contribution in [0.3, 0.4) is 0 Å². The van der Waals surface area contributed by atoms with Crippen molar-refractivity contribution in [2.45, 2.75) is 44.3 Å². The van der Waals surface area contributed by atoms with Crippen molar-refractivity contribution in [2.24, 2.45) is 5.92 Å². The highest BCUT2D eigenvalue weighted by Crippen LogP contribution is 2.23. The molecule has 0 spiro atoms. The summed E-state index contributed by atoms with van der Waals surface area (Å²) in [5.74, 6) is -0.308. The normalized spacial score (nSPS) is 24.6. The zero-order valence-electron chi connectivity index (χ0n) is 12.7. The van der Waals surface area contributed by atoms with Crippen molar-refractivity contribution < 1.29 is 32.2 Å². The molecule has 1 heterocycles. The van der Waals surface area contributed by atoms with E-state index in [1.54, 1.807) is 0 Å². The fourth-order valence-corrected chi connectivity index (χ4v) is 2.76. The first kappa shape index (κ1) is 17.6. The fourth-order valence-electron chi connectivity index (χ4n) is 2.76. The zero-order valence-corrected chi connectivity index (χ0v) is 12.7. The number of carbonyl (C=O) groups is 2. The van der Waals surface area contributed by atoms with Gasteiger partial charge in [-0.15, -0.1) is 0 Å². The summed E-state index contributed by atoms with van der Waals surface area (Å²) < 4.78 is 45.7. The Morgan fingerprint density at radius 3 is 2.61 bits per heavy atom. The Bertz CT molecular complexity index is 464. The molecule has 8 heteroatoms. The van der Waals surface area contributed by atoms with Crippen molar-refractivity contribution in [3.8, 4) is 0 Å². The highest BCUT2D eigenvalue weighted by molar-refractivity contribution is 5.82. The van der Waals surface area contributed by atoms with Crippen LogP contribution in [-0.2, 0) is 14.3 Å². The second kappa shape index (κ2) is 7.70. The van der Waals surface area contributed by atoms with Gasteiger partial charge in [-0.2, -0.15) is 13.2 Å². The lowest BCUT2D eigenvalue weighted by Crippen LogP contribution is -2.43. The molecule has 130 valence electrons. The Balaban J connectivity index is 1.81. The summed E-state index contributed by atoms with van der Waals surface area (Å²) in [6, 6.07) is -0.852. The van der Waals surface area contributed by atoms with Crippen molar-refractivity contribution in [3.05, 3.63) is 12.2 Å². The summed E-state index contributed by atoms with van der Waals surface area (Å²) in [6.07, 6.45) is 2.05. The van der Waals surface area contributed by atoms with Gasteiger partial charge in [-0.1, -0.05) is 12.2 Å². The van der Waals surface area contributed by atoms with Crippen LogP contribution < -0.4 is 0 Å². The molecule has 1 fully saturated rings. The first-order valence-electron chi connectivity index (χ1n) is 7.68. The lowest BCUT2D eigenvalue weighted by molar-refractivity contribution is -0.163. The Morgan fingerprint density at radius 2 is 1.96 bits per heavy atom. The number of ether oxygens (including phenoxy) is 2.